The number of aliphatic carboxylic acids is 1. The van der Waals surface area contributed by atoms with Crippen molar-refractivity contribution in [1.82, 2.24) is 5.32 Å². The monoisotopic (exact) mass is 287 g/mol. The number of nitrogens with one attached hydrogen (secondary N) is 1. The molecule has 110 valence electrons. The lowest BCUT2D eigenvalue weighted by molar-refractivity contribution is -0.139. The summed E-state index contributed by atoms with van der Waals surface area (Å²) < 4.78 is 33.8. The second-order valence-electron chi connectivity index (χ2n) is 4.49. The van der Waals surface area contributed by atoms with Gasteiger partial charge in [-0.3, -0.25) is 4.79 Å². The molecule has 0 spiro atoms. The van der Waals surface area contributed by atoms with E-state index in [1.165, 1.54) is 12.1 Å². The summed E-state index contributed by atoms with van der Waals surface area (Å²) in [6.45, 7) is -2.05. The van der Waals surface area contributed by atoms with E-state index < -0.39 is 18.6 Å². The number of ether oxygens (including phenoxy) is 2. The van der Waals surface area contributed by atoms with Crippen molar-refractivity contribution in [3.63, 3.8) is 0 Å². The maximum atomic E-state index is 12.0. The first-order valence-corrected chi connectivity index (χ1v) is 6.16. The zero-order chi connectivity index (χ0) is 14.5. The Balaban J connectivity index is 1.78. The van der Waals surface area contributed by atoms with Crippen LogP contribution in [0.3, 0.4) is 0 Å². The van der Waals surface area contributed by atoms with Gasteiger partial charge in [-0.2, -0.15) is 8.78 Å². The maximum absolute atomic E-state index is 12.0. The van der Waals surface area contributed by atoms with Crippen molar-refractivity contribution in [3.05, 3.63) is 29.8 Å². The number of carboxylic acids is 1. The lowest BCUT2D eigenvalue weighted by Crippen LogP contribution is -2.29. The molecule has 0 radical (unpaired) electrons. The highest BCUT2D eigenvalue weighted by Gasteiger charge is 2.29. The highest BCUT2D eigenvalue weighted by atomic mass is 19.3. The van der Waals surface area contributed by atoms with E-state index in [1.54, 1.807) is 12.1 Å². The van der Waals surface area contributed by atoms with Crippen LogP contribution in [0, 0.1) is 0 Å². The van der Waals surface area contributed by atoms with E-state index in [0.29, 0.717) is 19.6 Å². The largest absolute Gasteiger partial charge is 0.480 e. The van der Waals surface area contributed by atoms with Crippen molar-refractivity contribution in [2.24, 2.45) is 0 Å². The minimum Gasteiger partial charge on any atom is -0.480 e. The highest BCUT2D eigenvalue weighted by Crippen LogP contribution is 2.17. The number of halogens is 2. The first-order valence-electron chi connectivity index (χ1n) is 6.16. The van der Waals surface area contributed by atoms with Gasteiger partial charge in [-0.15, -0.1) is 0 Å². The van der Waals surface area contributed by atoms with Crippen LogP contribution >= 0.6 is 0 Å². The van der Waals surface area contributed by atoms with Crippen LogP contribution in [0.1, 0.15) is 12.0 Å². The summed E-state index contributed by atoms with van der Waals surface area (Å²) in [6.07, 6.45) is 0.259. The molecule has 0 aliphatic carbocycles. The zero-order valence-electron chi connectivity index (χ0n) is 10.6. The molecule has 0 saturated carbocycles. The van der Waals surface area contributed by atoms with E-state index in [9.17, 15) is 13.6 Å². The second-order valence-corrected chi connectivity index (χ2v) is 4.49. The number of rotatable bonds is 6. The SMILES string of the molecule is O=C(O)[C@@H]1C[C@@H](OCc2ccc(OC(F)F)cc2)CN1. The molecule has 0 bridgehead atoms. The van der Waals surface area contributed by atoms with Crippen LogP contribution in [0.2, 0.25) is 0 Å². The van der Waals surface area contributed by atoms with Gasteiger partial charge in [-0.05, 0) is 17.7 Å². The molecule has 2 rings (SSSR count). The van der Waals surface area contributed by atoms with Gasteiger partial charge in [0.2, 0.25) is 0 Å². The van der Waals surface area contributed by atoms with E-state index >= 15 is 0 Å². The first-order chi connectivity index (χ1) is 9.54. The molecule has 1 aromatic rings. The lowest BCUT2D eigenvalue weighted by Gasteiger charge is -2.11. The smallest absolute Gasteiger partial charge is 0.387 e. The molecule has 1 aromatic carbocycles. The highest BCUT2D eigenvalue weighted by molar-refractivity contribution is 5.73. The Kier molecular flexibility index (Phi) is 4.86. The van der Waals surface area contributed by atoms with Gasteiger partial charge < -0.3 is 19.9 Å². The molecule has 1 fully saturated rings. The van der Waals surface area contributed by atoms with Crippen molar-refractivity contribution < 1.29 is 28.2 Å². The van der Waals surface area contributed by atoms with Gasteiger partial charge in [0.05, 0.1) is 12.7 Å². The normalized spacial score (nSPS) is 22.1. The fourth-order valence-corrected chi connectivity index (χ4v) is 2.00. The zero-order valence-corrected chi connectivity index (χ0v) is 10.6. The molecule has 1 aliphatic rings. The van der Waals surface area contributed by atoms with Crippen LogP contribution in [0.15, 0.2) is 24.3 Å². The van der Waals surface area contributed by atoms with Crippen molar-refractivity contribution in [1.29, 1.82) is 0 Å². The molecule has 2 N–H and O–H groups in total. The van der Waals surface area contributed by atoms with Gasteiger partial charge in [0.25, 0.3) is 0 Å². The van der Waals surface area contributed by atoms with Crippen molar-refractivity contribution in [2.45, 2.75) is 31.8 Å². The minimum atomic E-state index is -2.84. The summed E-state index contributed by atoms with van der Waals surface area (Å²) in [6, 6.07) is 5.58. The third kappa shape index (κ3) is 4.14. The third-order valence-corrected chi connectivity index (χ3v) is 3.02. The van der Waals surface area contributed by atoms with E-state index in [-0.39, 0.29) is 11.9 Å². The molecule has 20 heavy (non-hydrogen) atoms. The number of carboxylic acid groups (broad SMARTS) is 1. The quantitative estimate of drug-likeness (QED) is 0.832. The van der Waals surface area contributed by atoms with Crippen LogP contribution in [0.25, 0.3) is 0 Å². The third-order valence-electron chi connectivity index (χ3n) is 3.02. The number of carbonyl (C=O) groups is 1. The predicted molar refractivity (Wildman–Crippen MR) is 65.7 cm³/mol. The van der Waals surface area contributed by atoms with Crippen molar-refractivity contribution in [3.8, 4) is 5.75 Å². The van der Waals surface area contributed by atoms with Crippen LogP contribution < -0.4 is 10.1 Å². The van der Waals surface area contributed by atoms with Gasteiger partial charge in [0.15, 0.2) is 0 Å². The molecule has 1 aliphatic heterocycles. The Morgan fingerprint density at radius 1 is 1.40 bits per heavy atom. The number of hydrogen-bond donors (Lipinski definition) is 2. The van der Waals surface area contributed by atoms with Crippen molar-refractivity contribution >= 4 is 5.97 Å². The van der Waals surface area contributed by atoms with E-state index in [1.807, 2.05) is 0 Å². The minimum absolute atomic E-state index is 0.0947. The molecule has 7 heteroatoms. The van der Waals surface area contributed by atoms with Gasteiger partial charge in [-0.25, -0.2) is 0 Å². The maximum Gasteiger partial charge on any atom is 0.387 e. The standard InChI is InChI=1S/C13H15F2NO4/c14-13(15)20-9-3-1-8(2-4-9)7-19-10-5-11(12(17)18)16-6-10/h1-4,10-11,13,16H,5-7H2,(H,17,18)/t10-,11+/m1/s1. The lowest BCUT2D eigenvalue weighted by atomic mass is 10.2. The topological polar surface area (TPSA) is 67.8 Å². The number of hydrogen-bond acceptors (Lipinski definition) is 4. The van der Waals surface area contributed by atoms with E-state index in [0.717, 1.165) is 5.56 Å². The van der Waals surface area contributed by atoms with Gasteiger partial charge in [-0.1, -0.05) is 12.1 Å². The molecule has 1 heterocycles. The average molecular weight is 287 g/mol. The number of alkyl halides is 2. The van der Waals surface area contributed by atoms with Gasteiger partial charge >= 0.3 is 12.6 Å². The molecular formula is C13H15F2NO4. The second kappa shape index (κ2) is 6.62. The summed E-state index contributed by atoms with van der Waals surface area (Å²) in [5.74, 6) is -0.790. The van der Waals surface area contributed by atoms with Crippen LogP contribution in [-0.4, -0.2) is 36.4 Å². The fourth-order valence-electron chi connectivity index (χ4n) is 2.00. The Bertz CT molecular complexity index is 452. The van der Waals surface area contributed by atoms with Crippen LogP contribution in [0.5, 0.6) is 5.75 Å². The summed E-state index contributed by atoms with van der Waals surface area (Å²) >= 11 is 0. The summed E-state index contributed by atoms with van der Waals surface area (Å²) in [4.78, 5) is 10.8. The molecule has 0 unspecified atom stereocenters. The molecule has 0 amide bonds. The molecule has 2 atom stereocenters. The average Bonchev–Trinajstić information content (AvgIpc) is 2.86. The fraction of sp³-hybridized carbons (Fsp3) is 0.462. The number of benzene rings is 1. The van der Waals surface area contributed by atoms with Gasteiger partial charge in [0.1, 0.15) is 11.8 Å². The van der Waals surface area contributed by atoms with E-state index in [2.05, 4.69) is 10.1 Å². The summed E-state index contributed by atoms with van der Waals surface area (Å²) in [5, 5.41) is 11.7. The van der Waals surface area contributed by atoms with Crippen molar-refractivity contribution in [2.75, 3.05) is 6.54 Å². The first kappa shape index (κ1) is 14.7. The molecule has 1 saturated heterocycles. The Morgan fingerprint density at radius 2 is 2.10 bits per heavy atom. The summed E-state index contributed by atoms with van der Waals surface area (Å²) in [5.41, 5.74) is 0.811. The van der Waals surface area contributed by atoms with Crippen LogP contribution in [-0.2, 0) is 16.1 Å². The van der Waals surface area contributed by atoms with E-state index in [4.69, 9.17) is 9.84 Å². The predicted octanol–water partition coefficient (Wildman–Crippen LogP) is 1.62. The van der Waals surface area contributed by atoms with Gasteiger partial charge in [0, 0.05) is 13.0 Å². The summed E-state index contributed by atoms with van der Waals surface area (Å²) in [7, 11) is 0. The Morgan fingerprint density at radius 3 is 2.65 bits per heavy atom. The molecule has 0 aromatic heterocycles. The molecular weight excluding hydrogens is 272 g/mol. The Labute approximate surface area is 114 Å². The van der Waals surface area contributed by atoms with Crippen LogP contribution in [0.4, 0.5) is 8.78 Å². The molecule has 5 nitrogen and oxygen atoms in total. The Hall–Kier alpha value is -1.73.